The molecule has 0 saturated carbocycles. The molecule has 8 nitrogen and oxygen atoms in total. The first kappa shape index (κ1) is 23.3. The van der Waals surface area contributed by atoms with Crippen molar-refractivity contribution < 1.29 is 4.79 Å². The van der Waals surface area contributed by atoms with E-state index in [2.05, 4.69) is 67.9 Å². The second-order valence-electron chi connectivity index (χ2n) is 8.25. The Morgan fingerprint density at radius 3 is 2.58 bits per heavy atom. The van der Waals surface area contributed by atoms with Crippen LogP contribution in [0.4, 0.5) is 5.82 Å². The smallest absolute Gasteiger partial charge is 0.230 e. The maximum atomic E-state index is 12.4. The molecular weight excluding hydrogens is 434 g/mol. The monoisotopic (exact) mass is 465 g/mol. The normalized spacial score (nSPS) is 14.5. The van der Waals surface area contributed by atoms with Crippen molar-refractivity contribution in [1.82, 2.24) is 30.0 Å². The van der Waals surface area contributed by atoms with Gasteiger partial charge in [-0.05, 0) is 38.1 Å². The molecule has 1 aliphatic rings. The van der Waals surface area contributed by atoms with Crippen LogP contribution in [0, 0.1) is 6.92 Å². The third-order valence-corrected chi connectivity index (χ3v) is 6.84. The zero-order chi connectivity index (χ0) is 23.2. The summed E-state index contributed by atoms with van der Waals surface area (Å²) in [6, 6.07) is 12.2. The SMILES string of the molecule is CCn1c(SCC(=O)NCc2ccc(N3CCN(C)CC3)nc2)nnc1-c1ccccc1C. The molecule has 0 unspecified atom stereocenters. The van der Waals surface area contributed by atoms with Crippen molar-refractivity contribution in [2.24, 2.45) is 0 Å². The van der Waals surface area contributed by atoms with Crippen LogP contribution in [0.15, 0.2) is 47.8 Å². The van der Waals surface area contributed by atoms with Crippen LogP contribution in [0.3, 0.4) is 0 Å². The number of carbonyl (C=O) groups excluding carboxylic acids is 1. The Bertz CT molecular complexity index is 1070. The Kier molecular flexibility index (Phi) is 7.61. The Morgan fingerprint density at radius 1 is 1.09 bits per heavy atom. The lowest BCUT2D eigenvalue weighted by molar-refractivity contribution is -0.118. The third kappa shape index (κ3) is 5.72. The molecule has 0 spiro atoms. The van der Waals surface area contributed by atoms with Crippen molar-refractivity contribution in [2.45, 2.75) is 32.1 Å². The van der Waals surface area contributed by atoms with Crippen molar-refractivity contribution in [2.75, 3.05) is 43.9 Å². The number of hydrogen-bond donors (Lipinski definition) is 1. The van der Waals surface area contributed by atoms with Crippen LogP contribution in [0.1, 0.15) is 18.1 Å². The predicted octanol–water partition coefficient (Wildman–Crippen LogP) is 2.83. The summed E-state index contributed by atoms with van der Waals surface area (Å²) >= 11 is 1.41. The molecule has 0 bridgehead atoms. The fraction of sp³-hybridized carbons (Fsp3) is 0.417. The van der Waals surface area contributed by atoms with Crippen LogP contribution in [0.2, 0.25) is 0 Å². The number of rotatable bonds is 8. The Labute approximate surface area is 199 Å². The first-order valence-electron chi connectivity index (χ1n) is 11.3. The van der Waals surface area contributed by atoms with Crippen LogP contribution in [-0.4, -0.2) is 69.5 Å². The summed E-state index contributed by atoms with van der Waals surface area (Å²) in [7, 11) is 2.14. The van der Waals surface area contributed by atoms with E-state index in [-0.39, 0.29) is 5.91 Å². The van der Waals surface area contributed by atoms with Gasteiger partial charge in [-0.25, -0.2) is 4.98 Å². The summed E-state index contributed by atoms with van der Waals surface area (Å²) in [4.78, 5) is 21.7. The summed E-state index contributed by atoms with van der Waals surface area (Å²) in [6.45, 7) is 9.42. The summed E-state index contributed by atoms with van der Waals surface area (Å²) in [5.41, 5.74) is 3.21. The number of likely N-dealkylation sites (N-methyl/N-ethyl adjacent to an activating group) is 1. The number of aromatic nitrogens is 4. The van der Waals surface area contributed by atoms with E-state index in [1.807, 2.05) is 30.5 Å². The van der Waals surface area contributed by atoms with E-state index >= 15 is 0 Å². The standard InChI is InChI=1S/C24H31N7OS/c1-4-31-23(20-8-6-5-7-18(20)2)27-28-24(31)33-17-22(32)26-16-19-9-10-21(25-15-19)30-13-11-29(3)12-14-30/h5-10,15H,4,11-14,16-17H2,1-3H3,(H,26,32). The van der Waals surface area contributed by atoms with E-state index in [1.54, 1.807) is 0 Å². The largest absolute Gasteiger partial charge is 0.354 e. The molecule has 1 aromatic carbocycles. The number of amides is 1. The van der Waals surface area contributed by atoms with E-state index in [9.17, 15) is 4.79 Å². The minimum atomic E-state index is -0.0359. The van der Waals surface area contributed by atoms with Gasteiger partial charge in [0.25, 0.3) is 0 Å². The number of aryl methyl sites for hydroxylation is 1. The molecule has 1 N–H and O–H groups in total. The molecule has 1 aliphatic heterocycles. The van der Waals surface area contributed by atoms with Crippen LogP contribution in [0.25, 0.3) is 11.4 Å². The van der Waals surface area contributed by atoms with Gasteiger partial charge in [0.1, 0.15) is 5.82 Å². The van der Waals surface area contributed by atoms with Crippen molar-refractivity contribution in [3.05, 3.63) is 53.7 Å². The maximum Gasteiger partial charge on any atom is 0.230 e. The van der Waals surface area contributed by atoms with Crippen LogP contribution in [-0.2, 0) is 17.9 Å². The molecule has 3 aromatic rings. The summed E-state index contributed by atoms with van der Waals surface area (Å²) in [6.07, 6.45) is 1.85. The van der Waals surface area contributed by atoms with Gasteiger partial charge in [0.2, 0.25) is 5.91 Å². The molecule has 2 aromatic heterocycles. The average Bonchev–Trinajstić information content (AvgIpc) is 3.25. The zero-order valence-electron chi connectivity index (χ0n) is 19.5. The molecule has 0 atom stereocenters. The molecule has 9 heteroatoms. The third-order valence-electron chi connectivity index (χ3n) is 5.88. The minimum Gasteiger partial charge on any atom is -0.354 e. The molecule has 3 heterocycles. The first-order chi connectivity index (χ1) is 16.0. The van der Waals surface area contributed by atoms with Crippen LogP contribution < -0.4 is 10.2 Å². The molecule has 4 rings (SSSR count). The van der Waals surface area contributed by atoms with Gasteiger partial charge >= 0.3 is 0 Å². The lowest BCUT2D eigenvalue weighted by Crippen LogP contribution is -2.44. The van der Waals surface area contributed by atoms with Gasteiger partial charge in [-0.2, -0.15) is 0 Å². The number of benzene rings is 1. The number of nitrogens with one attached hydrogen (secondary N) is 1. The highest BCUT2D eigenvalue weighted by Crippen LogP contribution is 2.26. The molecule has 33 heavy (non-hydrogen) atoms. The first-order valence-corrected chi connectivity index (χ1v) is 12.3. The van der Waals surface area contributed by atoms with Gasteiger partial charge in [-0.1, -0.05) is 42.1 Å². The van der Waals surface area contributed by atoms with Gasteiger partial charge in [0.05, 0.1) is 5.75 Å². The van der Waals surface area contributed by atoms with E-state index in [4.69, 9.17) is 0 Å². The zero-order valence-corrected chi connectivity index (χ0v) is 20.3. The van der Waals surface area contributed by atoms with Crippen LogP contribution >= 0.6 is 11.8 Å². The fourth-order valence-corrected chi connectivity index (χ4v) is 4.66. The minimum absolute atomic E-state index is 0.0359. The topological polar surface area (TPSA) is 79.2 Å². The van der Waals surface area contributed by atoms with E-state index in [0.717, 1.165) is 66.2 Å². The van der Waals surface area contributed by atoms with Gasteiger partial charge < -0.3 is 19.7 Å². The number of piperazine rings is 1. The van der Waals surface area contributed by atoms with Crippen molar-refractivity contribution in [1.29, 1.82) is 0 Å². The molecule has 0 radical (unpaired) electrons. The van der Waals surface area contributed by atoms with Crippen molar-refractivity contribution in [3.63, 3.8) is 0 Å². The van der Waals surface area contributed by atoms with E-state index < -0.39 is 0 Å². The quantitative estimate of drug-likeness (QED) is 0.513. The maximum absolute atomic E-state index is 12.4. The lowest BCUT2D eigenvalue weighted by Gasteiger charge is -2.33. The van der Waals surface area contributed by atoms with Gasteiger partial charge in [-0.15, -0.1) is 10.2 Å². The van der Waals surface area contributed by atoms with Gasteiger partial charge in [-0.3, -0.25) is 4.79 Å². The highest BCUT2D eigenvalue weighted by molar-refractivity contribution is 7.99. The van der Waals surface area contributed by atoms with E-state index in [0.29, 0.717) is 12.3 Å². The van der Waals surface area contributed by atoms with E-state index in [1.165, 1.54) is 11.8 Å². The molecule has 174 valence electrons. The summed E-state index contributed by atoms with van der Waals surface area (Å²) in [5, 5.41) is 12.5. The average molecular weight is 466 g/mol. The number of thioether (sulfide) groups is 1. The number of pyridine rings is 1. The fourth-order valence-electron chi connectivity index (χ4n) is 3.83. The lowest BCUT2D eigenvalue weighted by atomic mass is 10.1. The molecule has 0 aliphatic carbocycles. The molecule has 1 fully saturated rings. The highest BCUT2D eigenvalue weighted by Gasteiger charge is 2.17. The second-order valence-corrected chi connectivity index (χ2v) is 9.19. The molecule has 1 saturated heterocycles. The Morgan fingerprint density at radius 2 is 1.88 bits per heavy atom. The summed E-state index contributed by atoms with van der Waals surface area (Å²) in [5.74, 6) is 2.09. The number of nitrogens with zero attached hydrogens (tertiary/aromatic N) is 6. The molecular formula is C24H31N7OS. The van der Waals surface area contributed by atoms with Gasteiger partial charge in [0.15, 0.2) is 11.0 Å². The van der Waals surface area contributed by atoms with Crippen molar-refractivity contribution >= 4 is 23.5 Å². The Balaban J connectivity index is 1.29. The number of carbonyl (C=O) groups is 1. The molecule has 1 amide bonds. The number of hydrogen-bond acceptors (Lipinski definition) is 7. The number of anilines is 1. The summed E-state index contributed by atoms with van der Waals surface area (Å²) < 4.78 is 2.06. The van der Waals surface area contributed by atoms with Gasteiger partial charge in [0, 0.05) is 51.0 Å². The Hall–Kier alpha value is -2.91. The predicted molar refractivity (Wildman–Crippen MR) is 132 cm³/mol. The highest BCUT2D eigenvalue weighted by atomic mass is 32.2. The van der Waals surface area contributed by atoms with Crippen LogP contribution in [0.5, 0.6) is 0 Å². The second kappa shape index (κ2) is 10.8. The van der Waals surface area contributed by atoms with Crippen molar-refractivity contribution in [3.8, 4) is 11.4 Å².